The second-order valence-corrected chi connectivity index (χ2v) is 4.39. The quantitative estimate of drug-likeness (QED) is 0.894. The molecular formula is C15H19N3. The number of benzene rings is 1. The fraction of sp³-hybridized carbons (Fsp3) is 0.267. The summed E-state index contributed by atoms with van der Waals surface area (Å²) in [6.07, 6.45) is 1.79. The number of hydrogen-bond donors (Lipinski definition) is 1. The van der Waals surface area contributed by atoms with E-state index in [0.717, 1.165) is 24.5 Å². The zero-order chi connectivity index (χ0) is 13.0. The molecule has 2 rings (SSSR count). The van der Waals surface area contributed by atoms with Crippen molar-refractivity contribution in [2.75, 3.05) is 17.2 Å². The zero-order valence-corrected chi connectivity index (χ0v) is 10.9. The smallest absolute Gasteiger partial charge is 0.0825 e. The maximum atomic E-state index is 5.94. The number of hydrogen-bond acceptors (Lipinski definition) is 3. The Morgan fingerprint density at radius 1 is 1.17 bits per heavy atom. The van der Waals surface area contributed by atoms with E-state index in [4.69, 9.17) is 5.73 Å². The second kappa shape index (κ2) is 5.54. The Hall–Kier alpha value is -2.03. The monoisotopic (exact) mass is 241 g/mol. The van der Waals surface area contributed by atoms with Crippen LogP contribution < -0.4 is 10.6 Å². The van der Waals surface area contributed by atoms with Gasteiger partial charge in [-0.05, 0) is 38.1 Å². The third-order valence-corrected chi connectivity index (χ3v) is 3.05. The summed E-state index contributed by atoms with van der Waals surface area (Å²) in [6, 6.07) is 12.3. The van der Waals surface area contributed by atoms with Crippen molar-refractivity contribution in [3.05, 3.63) is 53.9 Å². The Balaban J connectivity index is 2.20. The molecule has 0 atom stereocenters. The van der Waals surface area contributed by atoms with Crippen LogP contribution in [0.25, 0.3) is 0 Å². The van der Waals surface area contributed by atoms with Crippen LogP contribution >= 0.6 is 0 Å². The summed E-state index contributed by atoms with van der Waals surface area (Å²) in [5.41, 5.74) is 10.1. The number of nitrogen functional groups attached to an aromatic ring is 1. The molecule has 0 fully saturated rings. The lowest BCUT2D eigenvalue weighted by atomic mass is 10.2. The molecule has 1 heterocycles. The SMILES string of the molecule is CCN(Cc1ncccc1N)c1ccc(C)cc1. The van der Waals surface area contributed by atoms with Crippen LogP contribution in [0.1, 0.15) is 18.2 Å². The minimum absolute atomic E-state index is 0.742. The Bertz CT molecular complexity index is 505. The van der Waals surface area contributed by atoms with Gasteiger partial charge in [-0.1, -0.05) is 17.7 Å². The highest BCUT2D eigenvalue weighted by Crippen LogP contribution is 2.19. The van der Waals surface area contributed by atoms with Gasteiger partial charge in [0.25, 0.3) is 0 Å². The van der Waals surface area contributed by atoms with Gasteiger partial charge in [-0.2, -0.15) is 0 Å². The van der Waals surface area contributed by atoms with Crippen LogP contribution in [0, 0.1) is 6.92 Å². The van der Waals surface area contributed by atoms with E-state index in [1.165, 1.54) is 11.3 Å². The van der Waals surface area contributed by atoms with Crippen LogP contribution in [0.3, 0.4) is 0 Å². The fourth-order valence-electron chi connectivity index (χ4n) is 1.90. The van der Waals surface area contributed by atoms with Crippen molar-refractivity contribution in [3.8, 4) is 0 Å². The van der Waals surface area contributed by atoms with Crippen LogP contribution in [0.2, 0.25) is 0 Å². The molecule has 2 N–H and O–H groups in total. The molecule has 18 heavy (non-hydrogen) atoms. The van der Waals surface area contributed by atoms with Gasteiger partial charge in [0.15, 0.2) is 0 Å². The molecule has 2 aromatic rings. The first-order valence-corrected chi connectivity index (χ1v) is 6.21. The van der Waals surface area contributed by atoms with Crippen molar-refractivity contribution in [2.45, 2.75) is 20.4 Å². The van der Waals surface area contributed by atoms with Gasteiger partial charge in [-0.15, -0.1) is 0 Å². The Kier molecular flexibility index (Phi) is 3.82. The van der Waals surface area contributed by atoms with Gasteiger partial charge < -0.3 is 10.6 Å². The molecule has 3 heteroatoms. The maximum absolute atomic E-state index is 5.94. The molecular weight excluding hydrogens is 222 g/mol. The van der Waals surface area contributed by atoms with Crippen LogP contribution in [0.4, 0.5) is 11.4 Å². The van der Waals surface area contributed by atoms with Gasteiger partial charge in [-0.3, -0.25) is 4.98 Å². The number of anilines is 2. The average Bonchev–Trinajstić information content (AvgIpc) is 2.39. The molecule has 0 unspecified atom stereocenters. The third kappa shape index (κ3) is 2.80. The summed E-state index contributed by atoms with van der Waals surface area (Å²) in [4.78, 5) is 6.60. The highest BCUT2D eigenvalue weighted by Gasteiger charge is 2.08. The molecule has 1 aromatic carbocycles. The molecule has 0 spiro atoms. The van der Waals surface area contributed by atoms with E-state index < -0.39 is 0 Å². The lowest BCUT2D eigenvalue weighted by molar-refractivity contribution is 0.812. The molecule has 0 aliphatic carbocycles. The van der Waals surface area contributed by atoms with Crippen molar-refractivity contribution >= 4 is 11.4 Å². The van der Waals surface area contributed by atoms with E-state index in [0.29, 0.717) is 0 Å². The minimum atomic E-state index is 0.742. The number of rotatable bonds is 4. The summed E-state index contributed by atoms with van der Waals surface area (Å²) in [6.45, 7) is 5.90. The van der Waals surface area contributed by atoms with E-state index in [2.05, 4.69) is 48.0 Å². The van der Waals surface area contributed by atoms with Gasteiger partial charge in [0, 0.05) is 18.4 Å². The number of aromatic nitrogens is 1. The number of nitrogens with two attached hydrogens (primary N) is 1. The first-order valence-electron chi connectivity index (χ1n) is 6.21. The lowest BCUT2D eigenvalue weighted by Gasteiger charge is -2.23. The molecule has 94 valence electrons. The van der Waals surface area contributed by atoms with Crippen molar-refractivity contribution < 1.29 is 0 Å². The van der Waals surface area contributed by atoms with Crippen LogP contribution in [-0.4, -0.2) is 11.5 Å². The maximum Gasteiger partial charge on any atom is 0.0825 e. The molecule has 1 aromatic heterocycles. The van der Waals surface area contributed by atoms with Crippen LogP contribution in [-0.2, 0) is 6.54 Å². The van der Waals surface area contributed by atoms with E-state index >= 15 is 0 Å². The summed E-state index contributed by atoms with van der Waals surface area (Å²) in [7, 11) is 0. The standard InChI is InChI=1S/C15H19N3/c1-3-18(13-8-6-12(2)7-9-13)11-15-14(16)5-4-10-17-15/h4-10H,3,11,16H2,1-2H3. The van der Waals surface area contributed by atoms with E-state index in [-0.39, 0.29) is 0 Å². The van der Waals surface area contributed by atoms with E-state index in [1.807, 2.05) is 12.1 Å². The molecule has 0 amide bonds. The lowest BCUT2D eigenvalue weighted by Crippen LogP contribution is -2.23. The molecule has 3 nitrogen and oxygen atoms in total. The van der Waals surface area contributed by atoms with Crippen molar-refractivity contribution in [1.82, 2.24) is 4.98 Å². The highest BCUT2D eigenvalue weighted by atomic mass is 15.1. The molecule has 0 radical (unpaired) electrons. The molecule has 0 aliphatic heterocycles. The predicted molar refractivity (Wildman–Crippen MR) is 76.6 cm³/mol. The predicted octanol–water partition coefficient (Wildman–Crippen LogP) is 3.00. The number of pyridine rings is 1. The third-order valence-electron chi connectivity index (χ3n) is 3.05. The minimum Gasteiger partial charge on any atom is -0.397 e. The molecule has 0 saturated carbocycles. The largest absolute Gasteiger partial charge is 0.397 e. The van der Waals surface area contributed by atoms with E-state index in [1.54, 1.807) is 6.20 Å². The molecule has 0 saturated heterocycles. The van der Waals surface area contributed by atoms with Crippen LogP contribution in [0.15, 0.2) is 42.6 Å². The number of aryl methyl sites for hydroxylation is 1. The van der Waals surface area contributed by atoms with Crippen molar-refractivity contribution in [2.24, 2.45) is 0 Å². The Morgan fingerprint density at radius 2 is 1.89 bits per heavy atom. The summed E-state index contributed by atoms with van der Waals surface area (Å²) in [5.74, 6) is 0. The zero-order valence-electron chi connectivity index (χ0n) is 10.9. The van der Waals surface area contributed by atoms with Gasteiger partial charge >= 0.3 is 0 Å². The summed E-state index contributed by atoms with van der Waals surface area (Å²) >= 11 is 0. The van der Waals surface area contributed by atoms with Gasteiger partial charge in [-0.25, -0.2) is 0 Å². The van der Waals surface area contributed by atoms with Crippen LogP contribution in [0.5, 0.6) is 0 Å². The number of nitrogens with zero attached hydrogens (tertiary/aromatic N) is 2. The first-order chi connectivity index (χ1) is 8.70. The van der Waals surface area contributed by atoms with Gasteiger partial charge in [0.1, 0.15) is 0 Å². The Morgan fingerprint density at radius 3 is 2.50 bits per heavy atom. The summed E-state index contributed by atoms with van der Waals surface area (Å²) in [5, 5.41) is 0. The van der Waals surface area contributed by atoms with Gasteiger partial charge in [0.2, 0.25) is 0 Å². The second-order valence-electron chi connectivity index (χ2n) is 4.39. The topological polar surface area (TPSA) is 42.2 Å². The molecule has 0 aliphatic rings. The van der Waals surface area contributed by atoms with Crippen molar-refractivity contribution in [1.29, 1.82) is 0 Å². The fourth-order valence-corrected chi connectivity index (χ4v) is 1.90. The van der Waals surface area contributed by atoms with Gasteiger partial charge in [0.05, 0.1) is 17.9 Å². The average molecular weight is 241 g/mol. The first kappa shape index (κ1) is 12.4. The van der Waals surface area contributed by atoms with Crippen molar-refractivity contribution in [3.63, 3.8) is 0 Å². The Labute approximate surface area is 108 Å². The highest BCUT2D eigenvalue weighted by molar-refractivity contribution is 5.50. The molecule has 0 bridgehead atoms. The summed E-state index contributed by atoms with van der Waals surface area (Å²) < 4.78 is 0. The van der Waals surface area contributed by atoms with E-state index in [9.17, 15) is 0 Å². The normalized spacial score (nSPS) is 10.3.